The maximum absolute atomic E-state index is 13.3. The van der Waals surface area contributed by atoms with E-state index < -0.39 is 5.60 Å². The molecule has 3 aromatic heterocycles. The zero-order valence-corrected chi connectivity index (χ0v) is 22.0. The molecule has 0 saturated heterocycles. The van der Waals surface area contributed by atoms with Gasteiger partial charge in [0.2, 0.25) is 0 Å². The molecule has 1 fully saturated rings. The van der Waals surface area contributed by atoms with E-state index in [-0.39, 0.29) is 30.0 Å². The Bertz CT molecular complexity index is 1290. The van der Waals surface area contributed by atoms with Crippen LogP contribution in [0.2, 0.25) is 0 Å². The van der Waals surface area contributed by atoms with Crippen LogP contribution in [0.25, 0.3) is 11.2 Å². The van der Waals surface area contributed by atoms with Gasteiger partial charge in [-0.25, -0.2) is 9.50 Å². The molecule has 3 heterocycles. The van der Waals surface area contributed by atoms with E-state index >= 15 is 0 Å². The van der Waals surface area contributed by atoms with Gasteiger partial charge >= 0.3 is 5.97 Å². The van der Waals surface area contributed by atoms with Crippen molar-refractivity contribution in [2.45, 2.75) is 78.2 Å². The van der Waals surface area contributed by atoms with Crippen LogP contribution in [0.4, 0.5) is 0 Å². The van der Waals surface area contributed by atoms with Gasteiger partial charge in [-0.05, 0) is 93.5 Å². The molecule has 3 aromatic rings. The summed E-state index contributed by atoms with van der Waals surface area (Å²) >= 11 is 0. The van der Waals surface area contributed by atoms with Crippen LogP contribution in [0.1, 0.15) is 93.4 Å². The largest absolute Gasteiger partial charge is 0.460 e. The van der Waals surface area contributed by atoms with Crippen LogP contribution in [-0.4, -0.2) is 36.9 Å². The average Bonchev–Trinajstić information content (AvgIpc) is 3.21. The molecule has 7 nitrogen and oxygen atoms in total. The summed E-state index contributed by atoms with van der Waals surface area (Å²) in [7, 11) is 0. The highest BCUT2D eigenvalue weighted by Crippen LogP contribution is 2.42. The van der Waals surface area contributed by atoms with Crippen molar-refractivity contribution >= 4 is 23.0 Å². The Kier molecular flexibility index (Phi) is 7.38. The third-order valence-electron chi connectivity index (χ3n) is 6.76. The number of aromatic nitrogens is 4. The fourth-order valence-corrected chi connectivity index (χ4v) is 5.36. The van der Waals surface area contributed by atoms with Crippen molar-refractivity contribution in [2.75, 3.05) is 0 Å². The van der Waals surface area contributed by atoms with E-state index in [1.54, 1.807) is 35.4 Å². The molecule has 1 saturated carbocycles. The summed E-state index contributed by atoms with van der Waals surface area (Å²) in [5.41, 5.74) is 4.31. The molecule has 0 N–H and O–H groups in total. The molecule has 0 radical (unpaired) electrons. The predicted molar refractivity (Wildman–Crippen MR) is 140 cm³/mol. The number of pyridine rings is 1. The van der Waals surface area contributed by atoms with Gasteiger partial charge in [0.05, 0.1) is 6.20 Å². The first-order valence-corrected chi connectivity index (χ1v) is 12.7. The molecule has 1 aliphatic rings. The molecule has 0 aromatic carbocycles. The third-order valence-corrected chi connectivity index (χ3v) is 6.76. The number of carbonyl (C=O) groups is 2. The number of fused-ring (bicyclic) bond motifs is 1. The van der Waals surface area contributed by atoms with Gasteiger partial charge in [0.15, 0.2) is 11.4 Å². The van der Waals surface area contributed by atoms with Crippen molar-refractivity contribution in [3.05, 3.63) is 65.9 Å². The molecule has 0 aliphatic heterocycles. The minimum atomic E-state index is -0.478. The lowest BCUT2D eigenvalue weighted by atomic mass is 9.71. The summed E-state index contributed by atoms with van der Waals surface area (Å²) < 4.78 is 7.23. The summed E-state index contributed by atoms with van der Waals surface area (Å²) in [6.45, 7) is 13.8. The van der Waals surface area contributed by atoms with Crippen molar-refractivity contribution in [1.29, 1.82) is 0 Å². The first-order valence-electron chi connectivity index (χ1n) is 12.7. The van der Waals surface area contributed by atoms with Crippen LogP contribution in [0.15, 0.2) is 43.5 Å². The molecule has 3 atom stereocenters. The lowest BCUT2D eigenvalue weighted by Gasteiger charge is -2.34. The number of hydrogen-bond donors (Lipinski definition) is 0. The van der Waals surface area contributed by atoms with Gasteiger partial charge < -0.3 is 4.74 Å². The van der Waals surface area contributed by atoms with E-state index in [1.165, 1.54) is 0 Å². The smallest absolute Gasteiger partial charge is 0.306 e. The number of nitrogens with zero attached hydrogens (tertiary/aromatic N) is 4. The van der Waals surface area contributed by atoms with E-state index in [2.05, 4.69) is 28.6 Å². The number of Topliss-reactive ketones (excluding diaryl/α,β-unsaturated/α-hetero) is 1. The minimum absolute atomic E-state index is 0.0604. The molecule has 0 spiro atoms. The highest BCUT2D eigenvalue weighted by Gasteiger charge is 2.31. The number of esters is 1. The number of ether oxygens (including phenoxy) is 1. The number of hydrogen-bond acceptors (Lipinski definition) is 6. The van der Waals surface area contributed by atoms with E-state index in [4.69, 9.17) is 4.74 Å². The fraction of sp³-hybridized carbons (Fsp3) is 0.483. The highest BCUT2D eigenvalue weighted by molar-refractivity contribution is 5.96. The van der Waals surface area contributed by atoms with E-state index in [1.807, 2.05) is 33.8 Å². The first-order chi connectivity index (χ1) is 17.0. The predicted octanol–water partition coefficient (Wildman–Crippen LogP) is 5.83. The van der Waals surface area contributed by atoms with Gasteiger partial charge in [0.1, 0.15) is 11.3 Å². The molecule has 0 amide bonds. The maximum atomic E-state index is 13.3. The number of rotatable bonds is 7. The Hall–Kier alpha value is -3.35. The molecular weight excluding hydrogens is 452 g/mol. The van der Waals surface area contributed by atoms with Crippen molar-refractivity contribution in [3.8, 4) is 0 Å². The Labute approximate surface area is 213 Å². The SMILES string of the molecule is C=C(C)c1cnn2ccc(C(=O)Cc3cnccc3[C@@H]3C[C@H](C)C[C@H](CC(=O)OC(C)(C)C)C3)nc12. The molecule has 190 valence electrons. The van der Waals surface area contributed by atoms with Gasteiger partial charge in [-0.2, -0.15) is 5.10 Å². The Morgan fingerprint density at radius 1 is 1.17 bits per heavy atom. The average molecular weight is 489 g/mol. The quantitative estimate of drug-likeness (QED) is 0.307. The van der Waals surface area contributed by atoms with Crippen LogP contribution in [0, 0.1) is 11.8 Å². The van der Waals surface area contributed by atoms with Crippen LogP contribution < -0.4 is 0 Å². The van der Waals surface area contributed by atoms with Crippen LogP contribution in [0.3, 0.4) is 0 Å². The Balaban J connectivity index is 1.52. The van der Waals surface area contributed by atoms with Crippen LogP contribution >= 0.6 is 0 Å². The maximum Gasteiger partial charge on any atom is 0.306 e. The van der Waals surface area contributed by atoms with Gasteiger partial charge in [-0.3, -0.25) is 14.6 Å². The summed E-state index contributed by atoms with van der Waals surface area (Å²) in [6, 6.07) is 3.74. The number of carbonyl (C=O) groups excluding carboxylic acids is 2. The van der Waals surface area contributed by atoms with Crippen LogP contribution in [-0.2, 0) is 16.0 Å². The fourth-order valence-electron chi connectivity index (χ4n) is 5.36. The van der Waals surface area contributed by atoms with Gasteiger partial charge in [-0.1, -0.05) is 13.5 Å². The van der Waals surface area contributed by atoms with E-state index in [0.29, 0.717) is 23.7 Å². The highest BCUT2D eigenvalue weighted by atomic mass is 16.6. The van der Waals surface area contributed by atoms with Crippen molar-refractivity contribution in [1.82, 2.24) is 19.6 Å². The van der Waals surface area contributed by atoms with E-state index in [0.717, 1.165) is 41.5 Å². The summed E-state index contributed by atoms with van der Waals surface area (Å²) in [6.07, 6.45) is 10.7. The summed E-state index contributed by atoms with van der Waals surface area (Å²) in [5, 5.41) is 4.29. The molecule has 1 aliphatic carbocycles. The normalized spacial score (nSPS) is 20.3. The van der Waals surface area contributed by atoms with Gasteiger partial charge in [-0.15, -0.1) is 0 Å². The first kappa shape index (κ1) is 25.7. The standard InChI is InChI=1S/C29H36N4O3/c1-18(2)24-17-31-33-10-8-25(32-28(24)33)26(34)15-22-16-30-9-7-23(22)21-12-19(3)11-20(13-21)14-27(35)36-29(4,5)6/h7-10,16-17,19-21H,1,11-15H2,2-6H3/t19-,20+,21-/m1/s1. The monoisotopic (exact) mass is 488 g/mol. The van der Waals surface area contributed by atoms with Crippen molar-refractivity contribution in [3.63, 3.8) is 0 Å². The van der Waals surface area contributed by atoms with Crippen molar-refractivity contribution in [2.24, 2.45) is 11.8 Å². The van der Waals surface area contributed by atoms with E-state index in [9.17, 15) is 9.59 Å². The summed E-state index contributed by atoms with van der Waals surface area (Å²) in [4.78, 5) is 34.7. The molecule has 7 heteroatoms. The molecule has 36 heavy (non-hydrogen) atoms. The second-order valence-electron chi connectivity index (χ2n) is 11.3. The zero-order valence-electron chi connectivity index (χ0n) is 22.0. The molecule has 4 rings (SSSR count). The van der Waals surface area contributed by atoms with Crippen molar-refractivity contribution < 1.29 is 14.3 Å². The molecular formula is C29H36N4O3. The summed E-state index contributed by atoms with van der Waals surface area (Å²) in [5.74, 6) is 0.819. The lowest BCUT2D eigenvalue weighted by molar-refractivity contribution is -0.156. The number of allylic oxidation sites excluding steroid dienone is 1. The second-order valence-corrected chi connectivity index (χ2v) is 11.3. The topological polar surface area (TPSA) is 86.5 Å². The lowest BCUT2D eigenvalue weighted by Crippen LogP contribution is -2.28. The van der Waals surface area contributed by atoms with Crippen LogP contribution in [0.5, 0.6) is 0 Å². The molecule has 0 bridgehead atoms. The van der Waals surface area contributed by atoms with Gasteiger partial charge in [0, 0.05) is 37.0 Å². The third kappa shape index (κ3) is 6.07. The molecule has 0 unspecified atom stereocenters. The second kappa shape index (κ2) is 10.3. The van der Waals surface area contributed by atoms with Gasteiger partial charge in [0.25, 0.3) is 0 Å². The number of ketones is 1. The zero-order chi connectivity index (χ0) is 26.0. The minimum Gasteiger partial charge on any atom is -0.460 e. The Morgan fingerprint density at radius 3 is 2.67 bits per heavy atom. The Morgan fingerprint density at radius 2 is 1.94 bits per heavy atom.